The summed E-state index contributed by atoms with van der Waals surface area (Å²) in [5.74, 6) is -1.39. The molecule has 0 radical (unpaired) electrons. The fourth-order valence-corrected chi connectivity index (χ4v) is 4.42. The molecule has 156 valence electrons. The molecule has 0 fully saturated rings. The standard InChI is InChI=1S/C22H20N4O4S/c1-25-19-11-10-18(14-20(19)26(2)22(28)21(25)27)31(29,30)24-16-8-6-15(7-9-16)13-17-5-3-4-12-23-17/h3-12,14,24H,13H2,1-2H3/q+2. The SMILES string of the molecule is C[N+]1=c2ccc(S(=O)(=O)Nc3ccc(Cc4ccccn4)cc3)cc2=[N+](C)C(=O)C1=O. The third kappa shape index (κ3) is 3.99. The van der Waals surface area contributed by atoms with E-state index in [4.69, 9.17) is 0 Å². The zero-order valence-corrected chi connectivity index (χ0v) is 17.8. The molecule has 0 saturated heterocycles. The Morgan fingerprint density at radius 2 is 1.55 bits per heavy atom. The highest BCUT2D eigenvalue weighted by atomic mass is 32.2. The molecule has 0 saturated carbocycles. The summed E-state index contributed by atoms with van der Waals surface area (Å²) in [6.07, 6.45) is 2.38. The van der Waals surface area contributed by atoms with E-state index < -0.39 is 21.8 Å². The molecule has 0 atom stereocenters. The number of nitrogens with one attached hydrogen (secondary N) is 1. The van der Waals surface area contributed by atoms with E-state index in [1.807, 2.05) is 30.3 Å². The fraction of sp³-hybridized carbons (Fsp3) is 0.136. The Hall–Kier alpha value is -3.72. The van der Waals surface area contributed by atoms with Gasteiger partial charge in [-0.2, -0.15) is 0 Å². The first-order valence-electron chi connectivity index (χ1n) is 9.48. The van der Waals surface area contributed by atoms with Crippen LogP contribution in [0.25, 0.3) is 0 Å². The van der Waals surface area contributed by atoms with Gasteiger partial charge in [-0.15, -0.1) is 9.15 Å². The Morgan fingerprint density at radius 1 is 0.871 bits per heavy atom. The quantitative estimate of drug-likeness (QED) is 0.441. The van der Waals surface area contributed by atoms with Gasteiger partial charge in [-0.3, -0.25) is 9.71 Å². The first-order valence-corrected chi connectivity index (χ1v) is 11.0. The van der Waals surface area contributed by atoms with Gasteiger partial charge in [-0.1, -0.05) is 18.2 Å². The first kappa shape index (κ1) is 20.5. The molecule has 2 amide bonds. The maximum absolute atomic E-state index is 12.9. The molecule has 9 heteroatoms. The predicted octanol–water partition coefficient (Wildman–Crippen LogP) is -0.218. The van der Waals surface area contributed by atoms with Crippen molar-refractivity contribution in [2.45, 2.75) is 11.3 Å². The van der Waals surface area contributed by atoms with E-state index in [9.17, 15) is 18.0 Å². The van der Waals surface area contributed by atoms with Gasteiger partial charge in [0.15, 0.2) is 0 Å². The summed E-state index contributed by atoms with van der Waals surface area (Å²) in [6, 6.07) is 17.1. The van der Waals surface area contributed by atoms with Crippen LogP contribution >= 0.6 is 0 Å². The first-order chi connectivity index (χ1) is 14.8. The zero-order valence-electron chi connectivity index (χ0n) is 16.9. The molecule has 1 aliphatic rings. The van der Waals surface area contributed by atoms with Crippen molar-refractivity contribution in [1.82, 2.24) is 14.1 Å². The average Bonchev–Trinajstić information content (AvgIpc) is 2.77. The number of sulfonamides is 1. The van der Waals surface area contributed by atoms with Gasteiger partial charge in [-0.25, -0.2) is 18.0 Å². The summed E-state index contributed by atoms with van der Waals surface area (Å²) in [5.41, 5.74) is 2.34. The van der Waals surface area contributed by atoms with Crippen LogP contribution in [0.15, 0.2) is 71.8 Å². The lowest BCUT2D eigenvalue weighted by Crippen LogP contribution is -2.58. The zero-order chi connectivity index (χ0) is 22.2. The summed E-state index contributed by atoms with van der Waals surface area (Å²) in [4.78, 5) is 28.3. The number of nitrogens with zero attached hydrogens (tertiary/aromatic N) is 3. The summed E-state index contributed by atoms with van der Waals surface area (Å²) >= 11 is 0. The lowest BCUT2D eigenvalue weighted by molar-refractivity contribution is -0.141. The average molecular weight is 436 g/mol. The highest BCUT2D eigenvalue weighted by Crippen LogP contribution is 2.16. The van der Waals surface area contributed by atoms with Gasteiger partial charge < -0.3 is 0 Å². The molecule has 1 aliphatic heterocycles. The van der Waals surface area contributed by atoms with Crippen LogP contribution in [0.3, 0.4) is 0 Å². The number of fused-ring (bicyclic) bond motifs is 1. The highest BCUT2D eigenvalue weighted by molar-refractivity contribution is 7.92. The van der Waals surface area contributed by atoms with Gasteiger partial charge in [-0.05, 0) is 35.9 Å². The minimum Gasteiger partial charge on any atom is -0.280 e. The highest BCUT2D eigenvalue weighted by Gasteiger charge is 2.39. The van der Waals surface area contributed by atoms with E-state index in [1.165, 1.54) is 36.9 Å². The predicted molar refractivity (Wildman–Crippen MR) is 114 cm³/mol. The maximum Gasteiger partial charge on any atom is 0.528 e. The van der Waals surface area contributed by atoms with Crippen LogP contribution in [0.5, 0.6) is 0 Å². The smallest absolute Gasteiger partial charge is 0.280 e. The molecule has 2 aromatic carbocycles. The molecular weight excluding hydrogens is 416 g/mol. The number of anilines is 1. The van der Waals surface area contributed by atoms with E-state index in [0.29, 0.717) is 22.8 Å². The van der Waals surface area contributed by atoms with Crippen LogP contribution in [-0.2, 0) is 26.0 Å². The van der Waals surface area contributed by atoms with Gasteiger partial charge in [0.1, 0.15) is 14.1 Å². The number of aromatic nitrogens is 1. The van der Waals surface area contributed by atoms with E-state index in [1.54, 1.807) is 18.3 Å². The second-order valence-electron chi connectivity index (χ2n) is 7.18. The number of carbonyl (C=O) groups excluding carboxylic acids is 2. The summed E-state index contributed by atoms with van der Waals surface area (Å²) in [5, 5.41) is 0.811. The number of likely N-dealkylation sites (N-methyl/N-ethyl adjacent to an activating group) is 2. The molecule has 0 bridgehead atoms. The largest absolute Gasteiger partial charge is 0.528 e. The summed E-state index contributed by atoms with van der Waals surface area (Å²) in [7, 11) is -0.976. The Bertz CT molecular complexity index is 1430. The molecule has 0 aliphatic carbocycles. The van der Waals surface area contributed by atoms with E-state index in [0.717, 1.165) is 15.8 Å². The number of carbonyl (C=O) groups is 2. The molecule has 0 unspecified atom stereocenters. The second-order valence-corrected chi connectivity index (χ2v) is 8.86. The third-order valence-corrected chi connectivity index (χ3v) is 6.47. The van der Waals surface area contributed by atoms with Gasteiger partial charge in [0, 0.05) is 36.1 Å². The van der Waals surface area contributed by atoms with Crippen molar-refractivity contribution in [2.75, 3.05) is 18.8 Å². The monoisotopic (exact) mass is 436 g/mol. The van der Waals surface area contributed by atoms with Crippen LogP contribution in [0.2, 0.25) is 0 Å². The fourth-order valence-electron chi connectivity index (χ4n) is 3.34. The van der Waals surface area contributed by atoms with Crippen molar-refractivity contribution in [3.63, 3.8) is 0 Å². The van der Waals surface area contributed by atoms with Gasteiger partial charge >= 0.3 is 11.8 Å². The normalized spacial score (nSPS) is 13.9. The molecular formula is C22H20N4O4S+2. The van der Waals surface area contributed by atoms with Crippen LogP contribution in [0, 0.1) is 0 Å². The topological polar surface area (TPSA) is 99.2 Å². The molecule has 2 heterocycles. The van der Waals surface area contributed by atoms with E-state index in [-0.39, 0.29) is 4.90 Å². The Labute approximate surface area is 178 Å². The Morgan fingerprint density at radius 3 is 2.19 bits per heavy atom. The molecule has 3 aromatic rings. The molecule has 1 aromatic heterocycles. The minimum atomic E-state index is -3.89. The van der Waals surface area contributed by atoms with Gasteiger partial charge in [0.2, 0.25) is 0 Å². The number of amides is 2. The lowest BCUT2D eigenvalue weighted by Gasteiger charge is -2.09. The second kappa shape index (κ2) is 7.84. The van der Waals surface area contributed by atoms with E-state index in [2.05, 4.69) is 9.71 Å². The lowest BCUT2D eigenvalue weighted by atomic mass is 10.1. The maximum atomic E-state index is 12.9. The summed E-state index contributed by atoms with van der Waals surface area (Å²) < 4.78 is 30.7. The van der Waals surface area contributed by atoms with Crippen molar-refractivity contribution in [2.24, 2.45) is 0 Å². The third-order valence-electron chi connectivity index (χ3n) is 5.09. The van der Waals surface area contributed by atoms with E-state index >= 15 is 0 Å². The number of benzene rings is 2. The van der Waals surface area contributed by atoms with Crippen molar-refractivity contribution in [1.29, 1.82) is 0 Å². The number of hydrogen-bond donors (Lipinski definition) is 1. The number of hydrogen-bond acceptors (Lipinski definition) is 5. The van der Waals surface area contributed by atoms with Crippen LogP contribution in [-0.4, -0.2) is 39.3 Å². The molecule has 4 rings (SSSR count). The van der Waals surface area contributed by atoms with Gasteiger partial charge in [0.05, 0.1) is 4.90 Å². The molecule has 31 heavy (non-hydrogen) atoms. The van der Waals surface area contributed by atoms with Crippen molar-refractivity contribution < 1.29 is 18.0 Å². The van der Waals surface area contributed by atoms with Crippen LogP contribution in [0.1, 0.15) is 11.3 Å². The van der Waals surface area contributed by atoms with Crippen molar-refractivity contribution in [3.05, 3.63) is 88.8 Å². The van der Waals surface area contributed by atoms with Crippen LogP contribution < -0.4 is 24.6 Å². The number of pyridine rings is 1. The summed E-state index contributed by atoms with van der Waals surface area (Å²) in [6.45, 7) is 0. The molecule has 0 spiro atoms. The minimum absolute atomic E-state index is 0.00814. The van der Waals surface area contributed by atoms with Gasteiger partial charge in [0.25, 0.3) is 20.7 Å². The Balaban J connectivity index is 1.62. The van der Waals surface area contributed by atoms with Crippen molar-refractivity contribution >= 4 is 27.5 Å². The number of rotatable bonds is 5. The van der Waals surface area contributed by atoms with Crippen LogP contribution in [0.4, 0.5) is 5.69 Å². The van der Waals surface area contributed by atoms with Crippen molar-refractivity contribution in [3.8, 4) is 0 Å². The Kier molecular flexibility index (Phi) is 5.20. The molecule has 8 nitrogen and oxygen atoms in total. The molecule has 1 N–H and O–H groups in total.